The summed E-state index contributed by atoms with van der Waals surface area (Å²) >= 11 is 0. The number of benzene rings is 2. The van der Waals surface area contributed by atoms with Gasteiger partial charge in [-0.3, -0.25) is 9.69 Å². The first-order valence-corrected chi connectivity index (χ1v) is 11.9. The molecule has 2 aromatic carbocycles. The summed E-state index contributed by atoms with van der Waals surface area (Å²) in [5.74, 6) is 0.788. The molecule has 1 amide bonds. The quantitative estimate of drug-likeness (QED) is 0.537. The van der Waals surface area contributed by atoms with Crippen molar-refractivity contribution in [2.75, 3.05) is 6.54 Å². The highest BCUT2D eigenvalue weighted by atomic mass is 16.1. The van der Waals surface area contributed by atoms with Crippen molar-refractivity contribution in [1.82, 2.24) is 10.2 Å². The molecule has 1 N–H and O–H groups in total. The lowest BCUT2D eigenvalue weighted by Crippen LogP contribution is -2.35. The number of rotatable bonds is 10. The van der Waals surface area contributed by atoms with Gasteiger partial charge in [0.15, 0.2) is 0 Å². The Morgan fingerprint density at radius 2 is 1.57 bits per heavy atom. The van der Waals surface area contributed by atoms with Gasteiger partial charge < -0.3 is 5.32 Å². The van der Waals surface area contributed by atoms with Gasteiger partial charge in [-0.15, -0.1) is 0 Å². The Hall–Kier alpha value is -2.13. The number of nitrogens with one attached hydrogen (secondary N) is 1. The van der Waals surface area contributed by atoms with Crippen molar-refractivity contribution in [3.63, 3.8) is 0 Å². The third-order valence-corrected chi connectivity index (χ3v) is 6.74. The number of hydrogen-bond acceptors (Lipinski definition) is 2. The Bertz CT molecular complexity index is 766. The smallest absolute Gasteiger partial charge is 0.220 e. The standard InChI is InChI=1S/C27H36N2O/c30-26(17-10-20-29(25-18-19-25)21-22-11-4-1-5-12-22)28-27(23-13-6-2-7-14-23)24-15-8-3-9-16-24/h1-2,4-7,11-14,24-25,27H,3,8-10,15-21H2,(H,28,30). The molecular weight excluding hydrogens is 368 g/mol. The second-order valence-electron chi connectivity index (χ2n) is 9.14. The van der Waals surface area contributed by atoms with E-state index >= 15 is 0 Å². The molecule has 3 heteroatoms. The number of carbonyl (C=O) groups is 1. The predicted molar refractivity (Wildman–Crippen MR) is 123 cm³/mol. The lowest BCUT2D eigenvalue weighted by Gasteiger charge is -2.31. The molecule has 2 saturated carbocycles. The zero-order chi connectivity index (χ0) is 20.6. The van der Waals surface area contributed by atoms with Crippen molar-refractivity contribution < 1.29 is 4.79 Å². The molecule has 1 atom stereocenters. The van der Waals surface area contributed by atoms with Crippen molar-refractivity contribution >= 4 is 5.91 Å². The molecule has 30 heavy (non-hydrogen) atoms. The van der Waals surface area contributed by atoms with Gasteiger partial charge >= 0.3 is 0 Å². The first kappa shape index (κ1) is 21.1. The highest BCUT2D eigenvalue weighted by Crippen LogP contribution is 2.34. The zero-order valence-electron chi connectivity index (χ0n) is 18.1. The highest BCUT2D eigenvalue weighted by molar-refractivity contribution is 5.76. The van der Waals surface area contributed by atoms with E-state index in [0.29, 0.717) is 18.4 Å². The van der Waals surface area contributed by atoms with Crippen LogP contribution >= 0.6 is 0 Å². The van der Waals surface area contributed by atoms with Crippen molar-refractivity contribution in [3.8, 4) is 0 Å². The van der Waals surface area contributed by atoms with Gasteiger partial charge in [0, 0.05) is 19.0 Å². The normalized spacial score (nSPS) is 18.3. The van der Waals surface area contributed by atoms with Gasteiger partial charge in [-0.25, -0.2) is 0 Å². The largest absolute Gasteiger partial charge is 0.349 e. The van der Waals surface area contributed by atoms with Crippen LogP contribution in [0.25, 0.3) is 0 Å². The average Bonchev–Trinajstić information content (AvgIpc) is 3.64. The summed E-state index contributed by atoms with van der Waals surface area (Å²) in [6.07, 6.45) is 10.5. The van der Waals surface area contributed by atoms with Crippen molar-refractivity contribution in [1.29, 1.82) is 0 Å². The minimum atomic E-state index is 0.169. The molecule has 2 aliphatic carbocycles. The minimum absolute atomic E-state index is 0.169. The molecule has 3 nitrogen and oxygen atoms in total. The van der Waals surface area contributed by atoms with Crippen LogP contribution < -0.4 is 5.32 Å². The van der Waals surface area contributed by atoms with Crippen LogP contribution in [0.3, 0.4) is 0 Å². The Kier molecular flexibility index (Phi) is 7.58. The van der Waals surface area contributed by atoms with E-state index in [9.17, 15) is 4.79 Å². The summed E-state index contributed by atoms with van der Waals surface area (Å²) in [5, 5.41) is 3.41. The van der Waals surface area contributed by atoms with E-state index in [2.05, 4.69) is 70.9 Å². The molecule has 0 bridgehead atoms. The van der Waals surface area contributed by atoms with E-state index in [1.165, 1.54) is 56.1 Å². The molecule has 0 aliphatic heterocycles. The SMILES string of the molecule is O=C(CCCN(Cc1ccccc1)C1CC1)NC(c1ccccc1)C1CCCCC1. The third-order valence-electron chi connectivity index (χ3n) is 6.74. The maximum Gasteiger partial charge on any atom is 0.220 e. The van der Waals surface area contributed by atoms with Gasteiger partial charge in [-0.1, -0.05) is 79.9 Å². The summed E-state index contributed by atoms with van der Waals surface area (Å²) < 4.78 is 0. The summed E-state index contributed by atoms with van der Waals surface area (Å²) in [6.45, 7) is 2.01. The summed E-state index contributed by atoms with van der Waals surface area (Å²) in [7, 11) is 0. The fourth-order valence-corrected chi connectivity index (χ4v) is 4.94. The maximum atomic E-state index is 12.9. The van der Waals surface area contributed by atoms with Crippen LogP contribution in [-0.4, -0.2) is 23.4 Å². The van der Waals surface area contributed by atoms with E-state index in [-0.39, 0.29) is 11.9 Å². The fourth-order valence-electron chi connectivity index (χ4n) is 4.94. The number of hydrogen-bond donors (Lipinski definition) is 1. The average molecular weight is 405 g/mol. The second-order valence-corrected chi connectivity index (χ2v) is 9.14. The van der Waals surface area contributed by atoms with Gasteiger partial charge in [0.1, 0.15) is 0 Å². The number of amides is 1. The van der Waals surface area contributed by atoms with Gasteiger partial charge in [0.25, 0.3) is 0 Å². The van der Waals surface area contributed by atoms with Gasteiger partial charge in [-0.05, 0) is 55.7 Å². The van der Waals surface area contributed by atoms with E-state index in [0.717, 1.165) is 19.5 Å². The molecule has 0 radical (unpaired) electrons. The van der Waals surface area contributed by atoms with Gasteiger partial charge in [0.05, 0.1) is 6.04 Å². The molecule has 160 valence electrons. The number of carbonyl (C=O) groups excluding carboxylic acids is 1. The van der Waals surface area contributed by atoms with Gasteiger partial charge in [0.2, 0.25) is 5.91 Å². The lowest BCUT2D eigenvalue weighted by molar-refractivity contribution is -0.122. The van der Waals surface area contributed by atoms with Crippen molar-refractivity contribution in [3.05, 3.63) is 71.8 Å². The van der Waals surface area contributed by atoms with Crippen molar-refractivity contribution in [2.45, 2.75) is 76.4 Å². The highest BCUT2D eigenvalue weighted by Gasteiger charge is 2.29. The zero-order valence-corrected chi connectivity index (χ0v) is 18.1. The third kappa shape index (κ3) is 6.18. The van der Waals surface area contributed by atoms with E-state index in [1.54, 1.807) is 0 Å². The monoisotopic (exact) mass is 404 g/mol. The molecule has 0 spiro atoms. The van der Waals surface area contributed by atoms with Crippen LogP contribution in [0, 0.1) is 5.92 Å². The Morgan fingerprint density at radius 1 is 0.900 bits per heavy atom. The van der Waals surface area contributed by atoms with Gasteiger partial charge in [-0.2, -0.15) is 0 Å². The Morgan fingerprint density at radius 3 is 2.23 bits per heavy atom. The van der Waals surface area contributed by atoms with Crippen molar-refractivity contribution in [2.24, 2.45) is 5.92 Å². The fraction of sp³-hybridized carbons (Fsp3) is 0.519. The van der Waals surface area contributed by atoms with Crippen LogP contribution in [0.5, 0.6) is 0 Å². The first-order valence-electron chi connectivity index (χ1n) is 11.9. The van der Waals surface area contributed by atoms with E-state index in [4.69, 9.17) is 0 Å². The Balaban J connectivity index is 1.29. The number of nitrogens with zero attached hydrogens (tertiary/aromatic N) is 1. The molecule has 0 saturated heterocycles. The van der Waals surface area contributed by atoms with E-state index < -0.39 is 0 Å². The summed E-state index contributed by atoms with van der Waals surface area (Å²) in [6, 6.07) is 22.2. The molecule has 2 aromatic rings. The lowest BCUT2D eigenvalue weighted by atomic mass is 9.81. The second kappa shape index (κ2) is 10.8. The molecule has 0 aromatic heterocycles. The van der Waals surface area contributed by atoms with Crippen LogP contribution in [0.4, 0.5) is 0 Å². The topological polar surface area (TPSA) is 32.3 Å². The van der Waals surface area contributed by atoms with Crippen LogP contribution in [0.2, 0.25) is 0 Å². The molecule has 0 heterocycles. The van der Waals surface area contributed by atoms with Crippen LogP contribution in [0.15, 0.2) is 60.7 Å². The molecule has 4 rings (SSSR count). The molecular formula is C27H36N2O. The van der Waals surface area contributed by atoms with E-state index in [1.807, 2.05) is 0 Å². The molecule has 1 unspecified atom stereocenters. The van der Waals surface area contributed by atoms with Crippen LogP contribution in [0.1, 0.15) is 75.0 Å². The first-order chi connectivity index (χ1) is 14.8. The van der Waals surface area contributed by atoms with Crippen LogP contribution in [-0.2, 0) is 11.3 Å². The summed E-state index contributed by atoms with van der Waals surface area (Å²) in [5.41, 5.74) is 2.64. The molecule has 2 fully saturated rings. The molecule has 2 aliphatic rings. The summed E-state index contributed by atoms with van der Waals surface area (Å²) in [4.78, 5) is 15.4. The predicted octanol–water partition coefficient (Wildman–Crippen LogP) is 5.87. The maximum absolute atomic E-state index is 12.9. The minimum Gasteiger partial charge on any atom is -0.349 e. The Labute approximate surface area is 181 Å².